The van der Waals surface area contributed by atoms with E-state index in [1.165, 1.54) is 17.4 Å². The summed E-state index contributed by atoms with van der Waals surface area (Å²) in [6.45, 7) is 1.90. The summed E-state index contributed by atoms with van der Waals surface area (Å²) >= 11 is 1.47. The number of anilines is 1. The minimum absolute atomic E-state index is 0.337. The Morgan fingerprint density at radius 3 is 2.89 bits per heavy atom. The molecule has 0 fully saturated rings. The fourth-order valence-corrected chi connectivity index (χ4v) is 2.58. The summed E-state index contributed by atoms with van der Waals surface area (Å²) in [5.41, 5.74) is 7.20. The van der Waals surface area contributed by atoms with E-state index in [-0.39, 0.29) is 5.82 Å². The van der Waals surface area contributed by atoms with Crippen molar-refractivity contribution in [3.05, 3.63) is 41.0 Å². The van der Waals surface area contributed by atoms with E-state index in [0.717, 1.165) is 15.8 Å². The first-order chi connectivity index (χ1) is 8.65. The van der Waals surface area contributed by atoms with Crippen molar-refractivity contribution in [3.8, 4) is 11.4 Å². The molecule has 18 heavy (non-hydrogen) atoms. The highest BCUT2D eigenvalue weighted by Gasteiger charge is 2.12. The van der Waals surface area contributed by atoms with Gasteiger partial charge in [0.2, 0.25) is 0 Å². The summed E-state index contributed by atoms with van der Waals surface area (Å²) in [4.78, 5) is 9.31. The van der Waals surface area contributed by atoms with Crippen LogP contribution >= 0.6 is 11.3 Å². The summed E-state index contributed by atoms with van der Waals surface area (Å²) in [6, 6.07) is 6.73. The Morgan fingerprint density at radius 1 is 1.22 bits per heavy atom. The summed E-state index contributed by atoms with van der Waals surface area (Å²) in [5.74, 6) is 0.386. The van der Waals surface area contributed by atoms with Crippen LogP contribution in [0.15, 0.2) is 29.6 Å². The molecule has 0 unspecified atom stereocenters. The maximum atomic E-state index is 13.8. The third-order valence-corrected chi connectivity index (χ3v) is 3.52. The van der Waals surface area contributed by atoms with Crippen molar-refractivity contribution in [2.45, 2.75) is 6.92 Å². The predicted molar refractivity (Wildman–Crippen MR) is 72.0 cm³/mol. The molecule has 0 aliphatic carbocycles. The third kappa shape index (κ3) is 1.73. The molecule has 0 bridgehead atoms. The Morgan fingerprint density at radius 2 is 2.06 bits per heavy atom. The van der Waals surface area contributed by atoms with E-state index in [9.17, 15) is 4.39 Å². The van der Waals surface area contributed by atoms with E-state index in [1.54, 1.807) is 12.1 Å². The number of benzene rings is 1. The molecule has 0 aliphatic heterocycles. The molecule has 2 aromatic heterocycles. The molecule has 3 aromatic rings. The fourth-order valence-electron chi connectivity index (χ4n) is 1.81. The van der Waals surface area contributed by atoms with Gasteiger partial charge in [-0.3, -0.25) is 0 Å². The molecule has 0 radical (unpaired) electrons. The number of nitrogen functional groups attached to an aromatic ring is 1. The molecule has 0 aliphatic rings. The maximum Gasteiger partial charge on any atom is 0.166 e. The van der Waals surface area contributed by atoms with Crippen molar-refractivity contribution in [3.63, 3.8) is 0 Å². The van der Waals surface area contributed by atoms with Crippen molar-refractivity contribution in [1.82, 2.24) is 9.97 Å². The first-order valence-electron chi connectivity index (χ1n) is 5.42. The highest BCUT2D eigenvalue weighted by Crippen LogP contribution is 2.28. The van der Waals surface area contributed by atoms with Gasteiger partial charge in [-0.05, 0) is 30.5 Å². The number of aryl methyl sites for hydroxylation is 1. The average Bonchev–Trinajstić information content (AvgIpc) is 2.81. The summed E-state index contributed by atoms with van der Waals surface area (Å²) < 4.78 is 13.8. The van der Waals surface area contributed by atoms with Gasteiger partial charge < -0.3 is 5.73 Å². The van der Waals surface area contributed by atoms with Gasteiger partial charge in [-0.15, -0.1) is 11.3 Å². The summed E-state index contributed by atoms with van der Waals surface area (Å²) in [7, 11) is 0. The van der Waals surface area contributed by atoms with Crippen molar-refractivity contribution in [1.29, 1.82) is 0 Å². The first-order valence-corrected chi connectivity index (χ1v) is 6.30. The monoisotopic (exact) mass is 259 g/mol. The van der Waals surface area contributed by atoms with Gasteiger partial charge in [-0.2, -0.15) is 0 Å². The molecule has 0 spiro atoms. The molecule has 0 saturated carbocycles. The van der Waals surface area contributed by atoms with Crippen LogP contribution in [0.25, 0.3) is 21.6 Å². The van der Waals surface area contributed by atoms with Crippen LogP contribution in [0.4, 0.5) is 10.2 Å². The Kier molecular flexibility index (Phi) is 2.48. The molecule has 1 aromatic carbocycles. The molecule has 3 nitrogen and oxygen atoms in total. The Balaban J connectivity index is 2.27. The molecule has 0 atom stereocenters. The van der Waals surface area contributed by atoms with Gasteiger partial charge in [-0.25, -0.2) is 14.4 Å². The number of halogens is 1. The van der Waals surface area contributed by atoms with Crippen molar-refractivity contribution < 1.29 is 4.39 Å². The largest absolute Gasteiger partial charge is 0.383 e. The molecule has 0 amide bonds. The Bertz CT molecular complexity index is 736. The number of hydrogen-bond acceptors (Lipinski definition) is 4. The first kappa shape index (κ1) is 11.1. The zero-order chi connectivity index (χ0) is 12.7. The molecule has 90 valence electrons. The van der Waals surface area contributed by atoms with Crippen LogP contribution in [0, 0.1) is 12.7 Å². The summed E-state index contributed by atoms with van der Waals surface area (Å²) in [6.07, 6.45) is 0. The highest BCUT2D eigenvalue weighted by molar-refractivity contribution is 7.16. The van der Waals surface area contributed by atoms with E-state index in [4.69, 9.17) is 5.73 Å². The molecule has 2 N–H and O–H groups in total. The zero-order valence-electron chi connectivity index (χ0n) is 9.64. The quantitative estimate of drug-likeness (QED) is 0.728. The lowest BCUT2D eigenvalue weighted by Crippen LogP contribution is -1.97. The van der Waals surface area contributed by atoms with Gasteiger partial charge in [-0.1, -0.05) is 11.6 Å². The number of aromatic nitrogens is 2. The molecular weight excluding hydrogens is 249 g/mol. The van der Waals surface area contributed by atoms with Crippen molar-refractivity contribution in [2.24, 2.45) is 0 Å². The standard InChI is InChI=1S/C13H10FN3S/c1-7-2-3-10(14)9(6-7)12-16-11(15)8-4-5-18-13(8)17-12/h2-6H,1H3,(H2,15,16,17). The fraction of sp³-hybridized carbons (Fsp3) is 0.0769. The molecule has 0 saturated heterocycles. The van der Waals surface area contributed by atoms with Gasteiger partial charge in [0.15, 0.2) is 5.82 Å². The van der Waals surface area contributed by atoms with E-state index < -0.39 is 0 Å². The zero-order valence-corrected chi connectivity index (χ0v) is 10.5. The van der Waals surface area contributed by atoms with Gasteiger partial charge in [0.1, 0.15) is 16.5 Å². The molecular formula is C13H10FN3S. The van der Waals surface area contributed by atoms with Gasteiger partial charge in [0.05, 0.1) is 10.9 Å². The lowest BCUT2D eigenvalue weighted by atomic mass is 10.1. The highest BCUT2D eigenvalue weighted by atomic mass is 32.1. The van der Waals surface area contributed by atoms with Crippen LogP contribution in [-0.2, 0) is 0 Å². The van der Waals surface area contributed by atoms with Crippen LogP contribution in [0.5, 0.6) is 0 Å². The number of nitrogens with zero attached hydrogens (tertiary/aromatic N) is 2. The van der Waals surface area contributed by atoms with Crippen LogP contribution in [0.2, 0.25) is 0 Å². The summed E-state index contributed by atoms with van der Waals surface area (Å²) in [5, 5.41) is 2.71. The Hall–Kier alpha value is -2.01. The third-order valence-electron chi connectivity index (χ3n) is 2.72. The lowest BCUT2D eigenvalue weighted by molar-refractivity contribution is 0.629. The van der Waals surface area contributed by atoms with E-state index in [0.29, 0.717) is 17.2 Å². The second kappa shape index (κ2) is 4.03. The number of hydrogen-bond donors (Lipinski definition) is 1. The van der Waals surface area contributed by atoms with Crippen molar-refractivity contribution in [2.75, 3.05) is 5.73 Å². The van der Waals surface area contributed by atoms with E-state index in [2.05, 4.69) is 9.97 Å². The van der Waals surface area contributed by atoms with E-state index >= 15 is 0 Å². The van der Waals surface area contributed by atoms with Crippen LogP contribution < -0.4 is 5.73 Å². The second-order valence-electron chi connectivity index (χ2n) is 4.06. The minimum Gasteiger partial charge on any atom is -0.383 e. The molecule has 5 heteroatoms. The maximum absolute atomic E-state index is 13.8. The normalized spacial score (nSPS) is 11.0. The van der Waals surface area contributed by atoms with Crippen LogP contribution in [0.1, 0.15) is 5.56 Å². The van der Waals surface area contributed by atoms with Crippen LogP contribution in [0.3, 0.4) is 0 Å². The second-order valence-corrected chi connectivity index (χ2v) is 4.95. The number of nitrogens with two attached hydrogens (primary N) is 1. The topological polar surface area (TPSA) is 51.8 Å². The number of thiophene rings is 1. The molecule has 2 heterocycles. The van der Waals surface area contributed by atoms with Gasteiger partial charge >= 0.3 is 0 Å². The molecule has 3 rings (SSSR count). The minimum atomic E-state index is -0.337. The smallest absolute Gasteiger partial charge is 0.166 e. The SMILES string of the molecule is Cc1ccc(F)c(-c2nc(N)c3ccsc3n2)c1. The van der Waals surface area contributed by atoms with Crippen molar-refractivity contribution >= 4 is 27.4 Å². The van der Waals surface area contributed by atoms with Gasteiger partial charge in [0, 0.05) is 0 Å². The average molecular weight is 259 g/mol. The van der Waals surface area contributed by atoms with Crippen LogP contribution in [-0.4, -0.2) is 9.97 Å². The van der Waals surface area contributed by atoms with Gasteiger partial charge in [0.25, 0.3) is 0 Å². The predicted octanol–water partition coefficient (Wildman–Crippen LogP) is 3.39. The Labute approximate surface area is 107 Å². The lowest BCUT2D eigenvalue weighted by Gasteiger charge is -2.05. The van der Waals surface area contributed by atoms with E-state index in [1.807, 2.05) is 18.4 Å². The number of fused-ring (bicyclic) bond motifs is 1. The number of rotatable bonds is 1.